The SMILES string of the molecule is Cc1ccccc1N1CCCNC(=O)C1. The Morgan fingerprint density at radius 2 is 2.13 bits per heavy atom. The standard InChI is InChI=1S/C12H16N2O/c1-10-5-2-3-6-11(10)14-8-4-7-13-12(15)9-14/h2-3,5-6H,4,7-9H2,1H3,(H,13,15). The van der Waals surface area contributed by atoms with E-state index >= 15 is 0 Å². The maximum Gasteiger partial charge on any atom is 0.239 e. The van der Waals surface area contributed by atoms with Crippen LogP contribution >= 0.6 is 0 Å². The lowest BCUT2D eigenvalue weighted by Gasteiger charge is -2.23. The molecule has 0 bridgehead atoms. The van der Waals surface area contributed by atoms with Gasteiger partial charge in [0.25, 0.3) is 0 Å². The molecule has 1 N–H and O–H groups in total. The molecule has 0 unspecified atom stereocenters. The summed E-state index contributed by atoms with van der Waals surface area (Å²) in [6.45, 7) is 4.30. The minimum atomic E-state index is 0.121. The van der Waals surface area contributed by atoms with E-state index in [1.165, 1.54) is 11.3 Å². The van der Waals surface area contributed by atoms with Gasteiger partial charge in [0.05, 0.1) is 6.54 Å². The highest BCUT2D eigenvalue weighted by atomic mass is 16.2. The molecule has 2 rings (SSSR count). The highest BCUT2D eigenvalue weighted by Gasteiger charge is 2.15. The fourth-order valence-corrected chi connectivity index (χ4v) is 1.93. The minimum Gasteiger partial charge on any atom is -0.362 e. The Kier molecular flexibility index (Phi) is 2.90. The van der Waals surface area contributed by atoms with Gasteiger partial charge >= 0.3 is 0 Å². The second kappa shape index (κ2) is 4.34. The second-order valence-electron chi connectivity index (χ2n) is 3.91. The molecule has 1 aliphatic heterocycles. The van der Waals surface area contributed by atoms with Crippen LogP contribution in [0.2, 0.25) is 0 Å². The van der Waals surface area contributed by atoms with Crippen molar-refractivity contribution in [3.8, 4) is 0 Å². The molecule has 15 heavy (non-hydrogen) atoms. The predicted molar refractivity (Wildman–Crippen MR) is 61.0 cm³/mol. The first-order chi connectivity index (χ1) is 7.27. The summed E-state index contributed by atoms with van der Waals surface area (Å²) in [5.74, 6) is 0.121. The number of nitrogens with zero attached hydrogens (tertiary/aromatic N) is 1. The Labute approximate surface area is 90.1 Å². The molecule has 1 aromatic rings. The van der Waals surface area contributed by atoms with Gasteiger partial charge in [0.2, 0.25) is 5.91 Å². The van der Waals surface area contributed by atoms with Crippen molar-refractivity contribution in [2.24, 2.45) is 0 Å². The third-order valence-electron chi connectivity index (χ3n) is 2.72. The number of benzene rings is 1. The summed E-state index contributed by atoms with van der Waals surface area (Å²) in [4.78, 5) is 13.6. The maximum atomic E-state index is 11.4. The Hall–Kier alpha value is -1.51. The van der Waals surface area contributed by atoms with Gasteiger partial charge in [-0.15, -0.1) is 0 Å². The van der Waals surface area contributed by atoms with Crippen LogP contribution in [0, 0.1) is 6.92 Å². The van der Waals surface area contributed by atoms with Gasteiger partial charge < -0.3 is 10.2 Å². The monoisotopic (exact) mass is 204 g/mol. The van der Waals surface area contributed by atoms with Crippen LogP contribution in [0.15, 0.2) is 24.3 Å². The van der Waals surface area contributed by atoms with Crippen LogP contribution < -0.4 is 10.2 Å². The number of para-hydroxylation sites is 1. The molecule has 1 amide bonds. The van der Waals surface area contributed by atoms with E-state index in [4.69, 9.17) is 0 Å². The topological polar surface area (TPSA) is 32.3 Å². The zero-order valence-corrected chi connectivity index (χ0v) is 8.99. The van der Waals surface area contributed by atoms with Gasteiger partial charge in [-0.25, -0.2) is 0 Å². The molecule has 1 fully saturated rings. The van der Waals surface area contributed by atoms with Gasteiger partial charge in [-0.1, -0.05) is 18.2 Å². The van der Waals surface area contributed by atoms with Crippen LogP contribution in [0.25, 0.3) is 0 Å². The summed E-state index contributed by atoms with van der Waals surface area (Å²) in [7, 11) is 0. The van der Waals surface area contributed by atoms with Crippen molar-refractivity contribution in [2.75, 3.05) is 24.5 Å². The Morgan fingerprint density at radius 3 is 2.93 bits per heavy atom. The first-order valence-electron chi connectivity index (χ1n) is 5.34. The zero-order valence-electron chi connectivity index (χ0n) is 8.99. The van der Waals surface area contributed by atoms with E-state index in [0.717, 1.165) is 19.5 Å². The number of hydrogen-bond acceptors (Lipinski definition) is 2. The lowest BCUT2D eigenvalue weighted by molar-refractivity contribution is -0.119. The minimum absolute atomic E-state index is 0.121. The summed E-state index contributed by atoms with van der Waals surface area (Å²) in [5.41, 5.74) is 2.40. The quantitative estimate of drug-likeness (QED) is 0.748. The number of aryl methyl sites for hydroxylation is 1. The smallest absolute Gasteiger partial charge is 0.239 e. The van der Waals surface area contributed by atoms with Crippen molar-refractivity contribution in [1.29, 1.82) is 0 Å². The van der Waals surface area contributed by atoms with E-state index in [-0.39, 0.29) is 5.91 Å². The number of amides is 1. The molecule has 3 nitrogen and oxygen atoms in total. The van der Waals surface area contributed by atoms with Gasteiger partial charge in [0.1, 0.15) is 0 Å². The fourth-order valence-electron chi connectivity index (χ4n) is 1.93. The van der Waals surface area contributed by atoms with E-state index < -0.39 is 0 Å². The molecule has 80 valence electrons. The largest absolute Gasteiger partial charge is 0.362 e. The Morgan fingerprint density at radius 1 is 1.33 bits per heavy atom. The molecule has 0 aliphatic carbocycles. The summed E-state index contributed by atoms with van der Waals surface area (Å²) in [6.07, 6.45) is 1.01. The van der Waals surface area contributed by atoms with Crippen LogP contribution in [0.4, 0.5) is 5.69 Å². The first kappa shape index (κ1) is 10.0. The van der Waals surface area contributed by atoms with Crippen molar-refractivity contribution < 1.29 is 4.79 Å². The lowest BCUT2D eigenvalue weighted by atomic mass is 10.2. The number of carbonyl (C=O) groups is 1. The van der Waals surface area contributed by atoms with Crippen LogP contribution in [0.1, 0.15) is 12.0 Å². The van der Waals surface area contributed by atoms with Crippen LogP contribution in [0.5, 0.6) is 0 Å². The molecule has 0 radical (unpaired) electrons. The molecule has 1 aliphatic rings. The molecule has 0 spiro atoms. The Balaban J connectivity index is 2.22. The highest BCUT2D eigenvalue weighted by molar-refractivity contribution is 5.82. The van der Waals surface area contributed by atoms with E-state index in [1.54, 1.807) is 0 Å². The van der Waals surface area contributed by atoms with E-state index in [9.17, 15) is 4.79 Å². The van der Waals surface area contributed by atoms with Crippen molar-refractivity contribution in [3.63, 3.8) is 0 Å². The van der Waals surface area contributed by atoms with Crippen molar-refractivity contribution in [2.45, 2.75) is 13.3 Å². The fraction of sp³-hybridized carbons (Fsp3) is 0.417. The lowest BCUT2D eigenvalue weighted by Crippen LogP contribution is -2.33. The predicted octanol–water partition coefficient (Wildman–Crippen LogP) is 1.32. The average Bonchev–Trinajstić information content (AvgIpc) is 2.43. The molecule has 0 atom stereocenters. The number of hydrogen-bond donors (Lipinski definition) is 1. The normalized spacial score (nSPS) is 17.1. The summed E-state index contributed by atoms with van der Waals surface area (Å²) < 4.78 is 0. The maximum absolute atomic E-state index is 11.4. The molecule has 3 heteroatoms. The van der Waals surface area contributed by atoms with Gasteiger partial charge in [0, 0.05) is 18.8 Å². The Bertz CT molecular complexity index is 362. The number of anilines is 1. The third kappa shape index (κ3) is 2.29. The van der Waals surface area contributed by atoms with Crippen molar-refractivity contribution in [3.05, 3.63) is 29.8 Å². The van der Waals surface area contributed by atoms with E-state index in [1.807, 2.05) is 12.1 Å². The van der Waals surface area contributed by atoms with Gasteiger partial charge in [-0.05, 0) is 25.0 Å². The molecule has 1 saturated heterocycles. The number of nitrogens with one attached hydrogen (secondary N) is 1. The van der Waals surface area contributed by atoms with Gasteiger partial charge in [0.15, 0.2) is 0 Å². The first-order valence-corrected chi connectivity index (χ1v) is 5.34. The number of rotatable bonds is 1. The zero-order chi connectivity index (χ0) is 10.7. The van der Waals surface area contributed by atoms with Crippen LogP contribution in [-0.2, 0) is 4.79 Å². The molecular weight excluding hydrogens is 188 g/mol. The molecular formula is C12H16N2O. The summed E-state index contributed by atoms with van der Waals surface area (Å²) in [5, 5.41) is 2.88. The molecule has 1 heterocycles. The van der Waals surface area contributed by atoms with Crippen LogP contribution in [-0.4, -0.2) is 25.5 Å². The average molecular weight is 204 g/mol. The van der Waals surface area contributed by atoms with E-state index in [2.05, 4.69) is 29.3 Å². The molecule has 0 saturated carbocycles. The van der Waals surface area contributed by atoms with Crippen molar-refractivity contribution >= 4 is 11.6 Å². The van der Waals surface area contributed by atoms with Gasteiger partial charge in [-0.3, -0.25) is 4.79 Å². The molecule has 1 aromatic carbocycles. The van der Waals surface area contributed by atoms with Crippen LogP contribution in [0.3, 0.4) is 0 Å². The summed E-state index contributed by atoms with van der Waals surface area (Å²) >= 11 is 0. The third-order valence-corrected chi connectivity index (χ3v) is 2.72. The van der Waals surface area contributed by atoms with E-state index in [0.29, 0.717) is 6.54 Å². The highest BCUT2D eigenvalue weighted by Crippen LogP contribution is 2.19. The summed E-state index contributed by atoms with van der Waals surface area (Å²) in [6, 6.07) is 8.20. The molecule has 0 aromatic heterocycles. The van der Waals surface area contributed by atoms with Crippen molar-refractivity contribution in [1.82, 2.24) is 5.32 Å². The second-order valence-corrected chi connectivity index (χ2v) is 3.91. The number of carbonyl (C=O) groups excluding carboxylic acids is 1. The van der Waals surface area contributed by atoms with Gasteiger partial charge in [-0.2, -0.15) is 0 Å².